The highest BCUT2D eigenvalue weighted by Gasteiger charge is 2.12. The Kier molecular flexibility index (Phi) is 8.57. The zero-order valence-electron chi connectivity index (χ0n) is 13.0. The molecule has 0 aliphatic heterocycles. The number of unbranched alkanes of at least 4 members (excludes halogenated alkanes) is 1. The van der Waals surface area contributed by atoms with Crippen LogP contribution in [0.1, 0.15) is 70.9 Å². The van der Waals surface area contributed by atoms with Crippen LogP contribution in [0.3, 0.4) is 0 Å². The van der Waals surface area contributed by atoms with Gasteiger partial charge in [-0.05, 0) is 30.9 Å². The van der Waals surface area contributed by atoms with Gasteiger partial charge in [0.25, 0.3) is 0 Å². The van der Waals surface area contributed by atoms with Crippen molar-refractivity contribution in [3.8, 4) is 0 Å². The maximum atomic E-state index is 3.80. The van der Waals surface area contributed by atoms with E-state index in [-0.39, 0.29) is 0 Å². The first-order valence-corrected chi connectivity index (χ1v) is 8.10. The smallest absolute Gasteiger partial charge is 0.0320 e. The fourth-order valence-corrected chi connectivity index (χ4v) is 2.61. The first kappa shape index (κ1) is 16.2. The van der Waals surface area contributed by atoms with E-state index >= 15 is 0 Å². The fraction of sp³-hybridized carbons (Fsp3) is 0.667. The van der Waals surface area contributed by atoms with Crippen LogP contribution in [0.5, 0.6) is 0 Å². The Balaban J connectivity index is 2.49. The molecule has 0 fully saturated rings. The van der Waals surface area contributed by atoms with Gasteiger partial charge in [-0.1, -0.05) is 76.8 Å². The zero-order valence-corrected chi connectivity index (χ0v) is 13.0. The second-order valence-electron chi connectivity index (χ2n) is 5.58. The first-order valence-electron chi connectivity index (χ1n) is 8.10. The molecule has 0 aromatic heterocycles. The molecule has 0 bridgehead atoms. The van der Waals surface area contributed by atoms with E-state index in [1.807, 2.05) is 0 Å². The van der Waals surface area contributed by atoms with Gasteiger partial charge >= 0.3 is 0 Å². The maximum absolute atomic E-state index is 3.80. The Labute approximate surface area is 119 Å². The van der Waals surface area contributed by atoms with Crippen molar-refractivity contribution in [3.63, 3.8) is 0 Å². The summed E-state index contributed by atoms with van der Waals surface area (Å²) in [7, 11) is 0. The van der Waals surface area contributed by atoms with E-state index in [9.17, 15) is 0 Å². The molecule has 2 atom stereocenters. The van der Waals surface area contributed by atoms with Crippen molar-refractivity contribution >= 4 is 0 Å². The molecule has 1 heteroatoms. The molecule has 0 aliphatic rings. The molecule has 0 saturated heterocycles. The Morgan fingerprint density at radius 3 is 2.26 bits per heavy atom. The summed E-state index contributed by atoms with van der Waals surface area (Å²) in [6.07, 6.45) is 7.80. The van der Waals surface area contributed by atoms with Crippen molar-refractivity contribution in [3.05, 3.63) is 35.9 Å². The summed E-state index contributed by atoms with van der Waals surface area (Å²) in [6.45, 7) is 8.03. The van der Waals surface area contributed by atoms with Gasteiger partial charge < -0.3 is 5.32 Å². The minimum Gasteiger partial charge on any atom is -0.310 e. The second-order valence-corrected chi connectivity index (χ2v) is 5.58. The lowest BCUT2D eigenvalue weighted by atomic mass is 9.97. The van der Waals surface area contributed by atoms with E-state index in [4.69, 9.17) is 0 Å². The first-order chi connectivity index (χ1) is 9.31. The number of benzene rings is 1. The number of rotatable bonds is 10. The van der Waals surface area contributed by atoms with Crippen molar-refractivity contribution in [2.45, 2.75) is 65.3 Å². The lowest BCUT2D eigenvalue weighted by Gasteiger charge is -2.22. The molecule has 0 amide bonds. The maximum Gasteiger partial charge on any atom is 0.0320 e. The summed E-state index contributed by atoms with van der Waals surface area (Å²) >= 11 is 0. The van der Waals surface area contributed by atoms with E-state index in [1.165, 1.54) is 44.1 Å². The van der Waals surface area contributed by atoms with Crippen LogP contribution in [0, 0.1) is 5.92 Å². The van der Waals surface area contributed by atoms with Gasteiger partial charge in [0.05, 0.1) is 0 Å². The minimum atomic E-state index is 0.530. The van der Waals surface area contributed by atoms with Crippen LogP contribution in [0.25, 0.3) is 0 Å². The van der Waals surface area contributed by atoms with Gasteiger partial charge in [-0.25, -0.2) is 0 Å². The summed E-state index contributed by atoms with van der Waals surface area (Å²) in [6, 6.07) is 11.4. The van der Waals surface area contributed by atoms with Crippen LogP contribution in [0.2, 0.25) is 0 Å². The van der Waals surface area contributed by atoms with Gasteiger partial charge in [0.1, 0.15) is 0 Å². The van der Waals surface area contributed by atoms with Crippen LogP contribution in [0.15, 0.2) is 30.3 Å². The van der Waals surface area contributed by atoms with Crippen LogP contribution < -0.4 is 5.32 Å². The molecule has 0 aliphatic carbocycles. The van der Waals surface area contributed by atoms with Crippen LogP contribution in [0.4, 0.5) is 0 Å². The minimum absolute atomic E-state index is 0.530. The fourth-order valence-electron chi connectivity index (χ4n) is 2.61. The largest absolute Gasteiger partial charge is 0.310 e. The van der Waals surface area contributed by atoms with E-state index < -0.39 is 0 Å². The van der Waals surface area contributed by atoms with Crippen molar-refractivity contribution < 1.29 is 0 Å². The molecule has 1 rings (SSSR count). The lowest BCUT2D eigenvalue weighted by Crippen LogP contribution is -2.27. The van der Waals surface area contributed by atoms with Gasteiger partial charge in [-0.2, -0.15) is 0 Å². The highest BCUT2D eigenvalue weighted by atomic mass is 14.9. The monoisotopic (exact) mass is 261 g/mol. The van der Waals surface area contributed by atoms with Crippen molar-refractivity contribution in [1.82, 2.24) is 5.32 Å². The van der Waals surface area contributed by atoms with E-state index in [2.05, 4.69) is 56.4 Å². The van der Waals surface area contributed by atoms with Gasteiger partial charge in [0, 0.05) is 6.04 Å². The van der Waals surface area contributed by atoms with Gasteiger partial charge in [0.15, 0.2) is 0 Å². The highest BCUT2D eigenvalue weighted by Crippen LogP contribution is 2.20. The Morgan fingerprint density at radius 2 is 1.68 bits per heavy atom. The topological polar surface area (TPSA) is 12.0 Å². The quantitative estimate of drug-likeness (QED) is 0.600. The molecule has 0 heterocycles. The predicted molar refractivity (Wildman–Crippen MR) is 85.4 cm³/mol. The third-order valence-electron chi connectivity index (χ3n) is 3.98. The molecule has 1 aromatic carbocycles. The molecule has 19 heavy (non-hydrogen) atoms. The lowest BCUT2D eigenvalue weighted by molar-refractivity contribution is 0.380. The van der Waals surface area contributed by atoms with E-state index in [0.717, 1.165) is 12.5 Å². The second kappa shape index (κ2) is 10.0. The van der Waals surface area contributed by atoms with Crippen molar-refractivity contribution in [1.29, 1.82) is 0 Å². The van der Waals surface area contributed by atoms with Crippen molar-refractivity contribution in [2.24, 2.45) is 5.92 Å². The molecule has 1 aromatic rings. The Hall–Kier alpha value is -0.820. The van der Waals surface area contributed by atoms with Crippen LogP contribution >= 0.6 is 0 Å². The summed E-state index contributed by atoms with van der Waals surface area (Å²) in [5, 5.41) is 3.80. The molecule has 0 spiro atoms. The van der Waals surface area contributed by atoms with E-state index in [1.54, 1.807) is 0 Å². The van der Waals surface area contributed by atoms with Crippen molar-refractivity contribution in [2.75, 3.05) is 6.54 Å². The normalized spacial score (nSPS) is 14.3. The van der Waals surface area contributed by atoms with Crippen LogP contribution in [-0.4, -0.2) is 6.54 Å². The number of hydrogen-bond donors (Lipinski definition) is 1. The summed E-state index contributed by atoms with van der Waals surface area (Å²) < 4.78 is 0. The van der Waals surface area contributed by atoms with Gasteiger partial charge in [-0.15, -0.1) is 0 Å². The third-order valence-corrected chi connectivity index (χ3v) is 3.98. The molecular formula is C18H31N. The third kappa shape index (κ3) is 6.24. The number of hydrogen-bond acceptors (Lipinski definition) is 1. The molecule has 1 N–H and O–H groups in total. The van der Waals surface area contributed by atoms with Gasteiger partial charge in [0.2, 0.25) is 0 Å². The molecule has 0 saturated carbocycles. The average molecular weight is 261 g/mol. The molecule has 108 valence electrons. The molecule has 2 unspecified atom stereocenters. The zero-order chi connectivity index (χ0) is 13.9. The highest BCUT2D eigenvalue weighted by molar-refractivity contribution is 5.18. The van der Waals surface area contributed by atoms with Crippen LogP contribution in [-0.2, 0) is 0 Å². The SMILES string of the molecule is CCCCC(CC)CNC(CCC)c1ccccc1. The molecular weight excluding hydrogens is 230 g/mol. The van der Waals surface area contributed by atoms with E-state index in [0.29, 0.717) is 6.04 Å². The summed E-state index contributed by atoms with van der Waals surface area (Å²) in [4.78, 5) is 0. The Morgan fingerprint density at radius 1 is 0.947 bits per heavy atom. The summed E-state index contributed by atoms with van der Waals surface area (Å²) in [5.41, 5.74) is 1.44. The molecule has 1 nitrogen and oxygen atoms in total. The standard InChI is InChI=1S/C18H31N/c1-4-7-12-16(6-3)15-19-18(11-5-2)17-13-9-8-10-14-17/h8-10,13-14,16,18-19H,4-7,11-12,15H2,1-3H3. The predicted octanol–water partition coefficient (Wildman–Crippen LogP) is 5.33. The average Bonchev–Trinajstić information content (AvgIpc) is 2.47. The summed E-state index contributed by atoms with van der Waals surface area (Å²) in [5.74, 6) is 0.836. The Bertz CT molecular complexity index is 307. The molecule has 0 radical (unpaired) electrons. The number of nitrogens with one attached hydrogen (secondary N) is 1. The van der Waals surface area contributed by atoms with Gasteiger partial charge in [-0.3, -0.25) is 0 Å².